The number of rotatable bonds is 7. The van der Waals surface area contributed by atoms with Crippen molar-refractivity contribution in [2.75, 3.05) is 0 Å². The minimum absolute atomic E-state index is 0.103. The smallest absolute Gasteiger partial charge is 0.0736 e. The molecule has 0 amide bonds. The number of para-hydroxylation sites is 1. The van der Waals surface area contributed by atoms with Crippen molar-refractivity contribution in [3.05, 3.63) is 40.5 Å². The van der Waals surface area contributed by atoms with Crippen LogP contribution in [0.3, 0.4) is 0 Å². The van der Waals surface area contributed by atoms with Crippen LogP contribution in [0.1, 0.15) is 50.8 Å². The van der Waals surface area contributed by atoms with E-state index in [4.69, 9.17) is 10.8 Å². The Labute approximate surface area is 129 Å². The third-order valence-corrected chi connectivity index (χ3v) is 4.22. The second-order valence-electron chi connectivity index (χ2n) is 5.12. The second kappa shape index (κ2) is 7.72. The van der Waals surface area contributed by atoms with Crippen LogP contribution in [-0.4, -0.2) is 4.98 Å². The zero-order chi connectivity index (χ0) is 14.4. The fourth-order valence-electron chi connectivity index (χ4n) is 2.42. The number of nitrogens with zero attached hydrogens (tertiary/aromatic N) is 1. The van der Waals surface area contributed by atoms with Crippen molar-refractivity contribution in [2.45, 2.75) is 45.1 Å². The molecule has 0 aliphatic heterocycles. The van der Waals surface area contributed by atoms with Crippen molar-refractivity contribution in [3.63, 3.8) is 0 Å². The molecule has 1 aromatic carbocycles. The van der Waals surface area contributed by atoms with Crippen molar-refractivity contribution in [3.8, 4) is 0 Å². The van der Waals surface area contributed by atoms with E-state index in [-0.39, 0.29) is 6.04 Å². The van der Waals surface area contributed by atoms with Crippen LogP contribution >= 0.6 is 15.9 Å². The van der Waals surface area contributed by atoms with Crippen molar-refractivity contribution >= 4 is 26.8 Å². The van der Waals surface area contributed by atoms with Crippen LogP contribution in [0.25, 0.3) is 10.9 Å². The first-order chi connectivity index (χ1) is 9.76. The number of hydrazine groups is 1. The highest BCUT2D eigenvalue weighted by molar-refractivity contribution is 9.10. The highest BCUT2D eigenvalue weighted by atomic mass is 79.9. The molecule has 0 radical (unpaired) electrons. The van der Waals surface area contributed by atoms with E-state index in [0.29, 0.717) is 0 Å². The van der Waals surface area contributed by atoms with Gasteiger partial charge in [0.25, 0.3) is 0 Å². The summed E-state index contributed by atoms with van der Waals surface area (Å²) >= 11 is 3.62. The Morgan fingerprint density at radius 3 is 2.80 bits per heavy atom. The van der Waals surface area contributed by atoms with Gasteiger partial charge in [-0.15, -0.1) is 0 Å². The van der Waals surface area contributed by atoms with Gasteiger partial charge in [-0.3, -0.25) is 11.3 Å². The lowest BCUT2D eigenvalue weighted by atomic mass is 10.0. The quantitative estimate of drug-likeness (QED) is 0.445. The minimum atomic E-state index is 0.103. The van der Waals surface area contributed by atoms with Crippen LogP contribution < -0.4 is 11.3 Å². The van der Waals surface area contributed by atoms with Gasteiger partial charge in [0.15, 0.2) is 0 Å². The fraction of sp³-hybridized carbons (Fsp3) is 0.438. The molecule has 20 heavy (non-hydrogen) atoms. The number of benzene rings is 1. The molecule has 2 aromatic rings. The van der Waals surface area contributed by atoms with E-state index in [1.165, 1.54) is 25.7 Å². The average molecular weight is 336 g/mol. The molecule has 0 saturated carbocycles. The first-order valence-corrected chi connectivity index (χ1v) is 8.07. The van der Waals surface area contributed by atoms with E-state index in [0.717, 1.165) is 27.5 Å². The third kappa shape index (κ3) is 3.78. The lowest BCUT2D eigenvalue weighted by Crippen LogP contribution is -2.29. The molecule has 2 rings (SSSR count). The average Bonchev–Trinajstić information content (AvgIpc) is 2.47. The summed E-state index contributed by atoms with van der Waals surface area (Å²) < 4.78 is 1.02. The molecular formula is C16H22BrN3. The Morgan fingerprint density at radius 2 is 2.05 bits per heavy atom. The topological polar surface area (TPSA) is 50.9 Å². The molecule has 4 heteroatoms. The molecule has 1 atom stereocenters. The van der Waals surface area contributed by atoms with Gasteiger partial charge in [0, 0.05) is 9.86 Å². The molecule has 1 aromatic heterocycles. The van der Waals surface area contributed by atoms with Crippen LogP contribution in [0.5, 0.6) is 0 Å². The fourth-order valence-corrected chi connectivity index (χ4v) is 3.04. The lowest BCUT2D eigenvalue weighted by Gasteiger charge is -2.17. The van der Waals surface area contributed by atoms with Gasteiger partial charge in [-0.05, 0) is 34.5 Å². The Bertz CT molecular complexity index is 556. The summed E-state index contributed by atoms with van der Waals surface area (Å²) in [5.74, 6) is 5.72. The van der Waals surface area contributed by atoms with Gasteiger partial charge >= 0.3 is 0 Å². The second-order valence-corrected chi connectivity index (χ2v) is 5.97. The summed E-state index contributed by atoms with van der Waals surface area (Å²) in [6.07, 6.45) is 5.96. The van der Waals surface area contributed by atoms with E-state index < -0.39 is 0 Å². The summed E-state index contributed by atoms with van der Waals surface area (Å²) in [4.78, 5) is 4.76. The Balaban J connectivity index is 2.18. The molecule has 0 aliphatic rings. The molecule has 1 unspecified atom stereocenters. The van der Waals surface area contributed by atoms with Crippen molar-refractivity contribution in [1.29, 1.82) is 0 Å². The third-order valence-electron chi connectivity index (χ3n) is 3.58. The minimum Gasteiger partial charge on any atom is -0.271 e. The van der Waals surface area contributed by atoms with E-state index in [2.05, 4.69) is 40.4 Å². The highest BCUT2D eigenvalue weighted by Gasteiger charge is 2.15. The highest BCUT2D eigenvalue weighted by Crippen LogP contribution is 2.28. The molecule has 1 heterocycles. The number of nitrogens with one attached hydrogen (secondary N) is 1. The van der Waals surface area contributed by atoms with Gasteiger partial charge < -0.3 is 0 Å². The van der Waals surface area contributed by atoms with Gasteiger partial charge in [0.05, 0.1) is 17.3 Å². The Kier molecular flexibility index (Phi) is 5.95. The van der Waals surface area contributed by atoms with Gasteiger partial charge in [0.1, 0.15) is 0 Å². The zero-order valence-electron chi connectivity index (χ0n) is 11.9. The maximum Gasteiger partial charge on any atom is 0.0736 e. The lowest BCUT2D eigenvalue weighted by molar-refractivity contribution is 0.472. The number of pyridine rings is 1. The van der Waals surface area contributed by atoms with Gasteiger partial charge in [-0.1, -0.05) is 50.8 Å². The largest absolute Gasteiger partial charge is 0.271 e. The number of fused-ring (bicyclic) bond motifs is 1. The summed E-state index contributed by atoms with van der Waals surface area (Å²) in [7, 11) is 0. The van der Waals surface area contributed by atoms with Crippen LogP contribution in [-0.2, 0) is 0 Å². The maximum absolute atomic E-state index is 5.72. The molecule has 0 spiro atoms. The first-order valence-electron chi connectivity index (χ1n) is 7.27. The van der Waals surface area contributed by atoms with Crippen LogP contribution in [0.2, 0.25) is 0 Å². The van der Waals surface area contributed by atoms with Crippen LogP contribution in [0.15, 0.2) is 34.8 Å². The van der Waals surface area contributed by atoms with Gasteiger partial charge in [-0.25, -0.2) is 4.98 Å². The number of halogens is 1. The predicted molar refractivity (Wildman–Crippen MR) is 88.3 cm³/mol. The summed E-state index contributed by atoms with van der Waals surface area (Å²) in [6, 6.07) is 10.4. The van der Waals surface area contributed by atoms with Crippen LogP contribution in [0.4, 0.5) is 0 Å². The Hall–Kier alpha value is -0.970. The summed E-state index contributed by atoms with van der Waals surface area (Å²) in [5, 5.41) is 1.14. The monoisotopic (exact) mass is 335 g/mol. The van der Waals surface area contributed by atoms with E-state index >= 15 is 0 Å². The molecular weight excluding hydrogens is 314 g/mol. The molecule has 0 saturated heterocycles. The van der Waals surface area contributed by atoms with E-state index in [9.17, 15) is 0 Å². The number of unbranched alkanes of at least 4 members (excludes halogenated alkanes) is 3. The molecule has 0 aliphatic carbocycles. The summed E-state index contributed by atoms with van der Waals surface area (Å²) in [6.45, 7) is 2.22. The number of hydrogen-bond acceptors (Lipinski definition) is 3. The number of nitrogens with two attached hydrogens (primary N) is 1. The number of aromatic nitrogens is 1. The predicted octanol–water partition coefficient (Wildman–Crippen LogP) is 4.47. The molecule has 0 fully saturated rings. The van der Waals surface area contributed by atoms with E-state index in [1.54, 1.807) is 0 Å². The SMILES string of the molecule is CCCCCCC(NN)c1nc2ccccc2cc1Br. The van der Waals surface area contributed by atoms with Gasteiger partial charge in [-0.2, -0.15) is 0 Å². The molecule has 0 bridgehead atoms. The zero-order valence-corrected chi connectivity index (χ0v) is 13.5. The van der Waals surface area contributed by atoms with Crippen molar-refractivity contribution in [2.24, 2.45) is 5.84 Å². The standard InChI is InChI=1S/C16H22BrN3/c1-2-3-4-5-10-15(20-18)16-13(17)11-12-8-6-7-9-14(12)19-16/h6-9,11,15,20H,2-5,10,18H2,1H3. The Morgan fingerprint density at radius 1 is 1.25 bits per heavy atom. The molecule has 3 N–H and O–H groups in total. The number of hydrogen-bond donors (Lipinski definition) is 2. The normalized spacial score (nSPS) is 12.8. The summed E-state index contributed by atoms with van der Waals surface area (Å²) in [5.41, 5.74) is 4.92. The van der Waals surface area contributed by atoms with E-state index in [1.807, 2.05) is 18.2 Å². The molecule has 108 valence electrons. The first kappa shape index (κ1) is 15.4. The maximum atomic E-state index is 5.72. The van der Waals surface area contributed by atoms with Crippen molar-refractivity contribution in [1.82, 2.24) is 10.4 Å². The van der Waals surface area contributed by atoms with Crippen LogP contribution in [0, 0.1) is 0 Å². The van der Waals surface area contributed by atoms with Crippen molar-refractivity contribution < 1.29 is 0 Å². The van der Waals surface area contributed by atoms with Gasteiger partial charge in [0.2, 0.25) is 0 Å². The molecule has 3 nitrogen and oxygen atoms in total.